The second-order valence-corrected chi connectivity index (χ2v) is 5.35. The van der Waals surface area contributed by atoms with Gasteiger partial charge in [-0.05, 0) is 30.5 Å². The molecule has 0 amide bonds. The van der Waals surface area contributed by atoms with E-state index in [2.05, 4.69) is 9.97 Å². The van der Waals surface area contributed by atoms with Gasteiger partial charge in [0, 0.05) is 11.8 Å². The second kappa shape index (κ2) is 9.03. The van der Waals surface area contributed by atoms with Crippen molar-refractivity contribution in [1.82, 2.24) is 9.97 Å². The molecule has 0 fully saturated rings. The lowest BCUT2D eigenvalue weighted by atomic mass is 10.1. The third-order valence-electron chi connectivity index (χ3n) is 2.46. The highest BCUT2D eigenvalue weighted by atomic mass is 35.5. The van der Waals surface area contributed by atoms with Gasteiger partial charge in [0.2, 0.25) is 0 Å². The highest BCUT2D eigenvalue weighted by molar-refractivity contribution is 7.98. The average Bonchev–Trinajstić information content (AvgIpc) is 2.52. The van der Waals surface area contributed by atoms with E-state index in [0.29, 0.717) is 26.5 Å². The lowest BCUT2D eigenvalue weighted by Gasteiger charge is -2.03. The number of ketones is 1. The van der Waals surface area contributed by atoms with E-state index in [9.17, 15) is 4.79 Å². The van der Waals surface area contributed by atoms with Crippen LogP contribution in [-0.4, -0.2) is 22.0 Å². The number of halogens is 2. The monoisotopic (exact) mass is 342 g/mol. The first-order valence-corrected chi connectivity index (χ1v) is 8.42. The van der Waals surface area contributed by atoms with Crippen LogP contribution >= 0.6 is 35.0 Å². The Morgan fingerprint density at radius 1 is 1.19 bits per heavy atom. The highest BCUT2D eigenvalue weighted by Gasteiger charge is 2.10. The maximum absolute atomic E-state index is 12.1. The van der Waals surface area contributed by atoms with Gasteiger partial charge < -0.3 is 0 Å². The van der Waals surface area contributed by atoms with Crippen molar-refractivity contribution in [2.24, 2.45) is 0 Å². The van der Waals surface area contributed by atoms with Crippen molar-refractivity contribution >= 4 is 40.7 Å². The number of hydrogen-bond donors (Lipinski definition) is 0. The molecular formula is C15H16Cl2N2OS. The molecule has 0 N–H and O–H groups in total. The van der Waals surface area contributed by atoms with E-state index in [0.717, 1.165) is 0 Å². The van der Waals surface area contributed by atoms with Crippen LogP contribution in [-0.2, 0) is 6.42 Å². The summed E-state index contributed by atoms with van der Waals surface area (Å²) in [4.78, 5) is 20.4. The summed E-state index contributed by atoms with van der Waals surface area (Å²) in [5.41, 5.74) is 1.22. The minimum atomic E-state index is -0.0516. The summed E-state index contributed by atoms with van der Waals surface area (Å²) in [7, 11) is 0. The van der Waals surface area contributed by atoms with Gasteiger partial charge >= 0.3 is 0 Å². The zero-order chi connectivity index (χ0) is 15.8. The van der Waals surface area contributed by atoms with Gasteiger partial charge in [0.25, 0.3) is 0 Å². The molecule has 0 aliphatic carbocycles. The molecule has 3 nitrogen and oxygen atoms in total. The minimum Gasteiger partial charge on any atom is -0.294 e. The number of carbonyl (C=O) groups excluding carboxylic acids is 1. The van der Waals surface area contributed by atoms with Gasteiger partial charge in [-0.15, -0.1) is 0 Å². The fraction of sp³-hybridized carbons (Fsp3) is 0.267. The van der Waals surface area contributed by atoms with Crippen molar-refractivity contribution in [3.05, 3.63) is 51.8 Å². The summed E-state index contributed by atoms with van der Waals surface area (Å²) in [6.45, 7) is 4.00. The smallest absolute Gasteiger partial charge is 0.187 e. The third-order valence-corrected chi connectivity index (χ3v) is 3.76. The molecule has 6 heteroatoms. The van der Waals surface area contributed by atoms with Crippen molar-refractivity contribution in [1.29, 1.82) is 0 Å². The fourth-order valence-electron chi connectivity index (χ4n) is 1.51. The number of thioether (sulfide) groups is 1. The normalized spacial score (nSPS) is 9.76. The van der Waals surface area contributed by atoms with Crippen LogP contribution in [0.2, 0.25) is 10.0 Å². The van der Waals surface area contributed by atoms with Crippen molar-refractivity contribution in [2.45, 2.75) is 25.4 Å². The topological polar surface area (TPSA) is 42.9 Å². The Kier molecular flexibility index (Phi) is 7.72. The van der Waals surface area contributed by atoms with Crippen molar-refractivity contribution < 1.29 is 4.79 Å². The standard InChI is InChI=1S/C13H10Cl2N2OS.C2H6/c1-19-13-16-5-4-9(17-13)7-12(18)8-2-3-10(14)11(15)6-8;1-2/h2-6H,7H2,1H3;1-2H3. The molecule has 2 aromatic rings. The number of rotatable bonds is 4. The lowest BCUT2D eigenvalue weighted by molar-refractivity contribution is 0.0991. The first kappa shape index (κ1) is 18.0. The van der Waals surface area contributed by atoms with Gasteiger partial charge in [0.05, 0.1) is 22.2 Å². The van der Waals surface area contributed by atoms with Crippen LogP contribution < -0.4 is 0 Å². The van der Waals surface area contributed by atoms with Crippen molar-refractivity contribution in [3.63, 3.8) is 0 Å². The SMILES string of the molecule is CC.CSc1nccc(CC(=O)c2ccc(Cl)c(Cl)c2)n1. The summed E-state index contributed by atoms with van der Waals surface area (Å²) < 4.78 is 0. The summed E-state index contributed by atoms with van der Waals surface area (Å²) in [6, 6.07) is 6.58. The van der Waals surface area contributed by atoms with Crippen LogP contribution in [0.15, 0.2) is 35.6 Å². The van der Waals surface area contributed by atoms with Crippen LogP contribution in [0.1, 0.15) is 29.9 Å². The van der Waals surface area contributed by atoms with E-state index in [1.54, 1.807) is 30.5 Å². The molecule has 21 heavy (non-hydrogen) atoms. The summed E-state index contributed by atoms with van der Waals surface area (Å²) in [6.07, 6.45) is 3.75. The van der Waals surface area contributed by atoms with Crippen LogP contribution in [0.4, 0.5) is 0 Å². The quantitative estimate of drug-likeness (QED) is 0.447. The molecule has 0 saturated carbocycles. The number of benzene rings is 1. The van der Waals surface area contributed by atoms with Gasteiger partial charge in [-0.3, -0.25) is 4.79 Å². The Balaban J connectivity index is 0.00000106. The molecule has 0 bridgehead atoms. The molecule has 0 aliphatic heterocycles. The van der Waals surface area contributed by atoms with Crippen LogP contribution in [0, 0.1) is 0 Å². The molecule has 1 heterocycles. The highest BCUT2D eigenvalue weighted by Crippen LogP contribution is 2.23. The molecule has 0 unspecified atom stereocenters. The maximum atomic E-state index is 12.1. The van der Waals surface area contributed by atoms with Crippen LogP contribution in [0.5, 0.6) is 0 Å². The number of nitrogens with zero attached hydrogens (tertiary/aromatic N) is 2. The number of carbonyl (C=O) groups is 1. The number of hydrogen-bond acceptors (Lipinski definition) is 4. The first-order valence-electron chi connectivity index (χ1n) is 6.44. The first-order chi connectivity index (χ1) is 10.1. The summed E-state index contributed by atoms with van der Waals surface area (Å²) in [5, 5.41) is 1.46. The Bertz CT molecular complexity index is 620. The van der Waals surface area contributed by atoms with E-state index < -0.39 is 0 Å². The van der Waals surface area contributed by atoms with E-state index in [1.807, 2.05) is 20.1 Å². The Morgan fingerprint density at radius 3 is 2.52 bits per heavy atom. The summed E-state index contributed by atoms with van der Waals surface area (Å²) >= 11 is 13.2. The molecule has 1 aromatic carbocycles. The lowest BCUT2D eigenvalue weighted by Crippen LogP contribution is -2.06. The molecule has 112 valence electrons. The van der Waals surface area contributed by atoms with Gasteiger partial charge in [0.1, 0.15) is 0 Å². The summed E-state index contributed by atoms with van der Waals surface area (Å²) in [5.74, 6) is -0.0516. The second-order valence-electron chi connectivity index (χ2n) is 3.76. The van der Waals surface area contributed by atoms with Gasteiger partial charge in [0.15, 0.2) is 10.9 Å². The molecule has 0 spiro atoms. The van der Waals surface area contributed by atoms with Crippen molar-refractivity contribution in [2.75, 3.05) is 6.26 Å². The Hall–Kier alpha value is -1.10. The predicted molar refractivity (Wildman–Crippen MR) is 89.7 cm³/mol. The van der Waals surface area contributed by atoms with Gasteiger partial charge in [-0.1, -0.05) is 48.8 Å². The zero-order valence-electron chi connectivity index (χ0n) is 12.1. The number of aromatic nitrogens is 2. The molecule has 1 aromatic heterocycles. The van der Waals surface area contributed by atoms with Crippen LogP contribution in [0.3, 0.4) is 0 Å². The average molecular weight is 343 g/mol. The molecule has 0 saturated heterocycles. The largest absolute Gasteiger partial charge is 0.294 e. The third kappa shape index (κ3) is 5.30. The minimum absolute atomic E-state index is 0.0516. The Labute approximate surface area is 139 Å². The van der Waals surface area contributed by atoms with E-state index >= 15 is 0 Å². The maximum Gasteiger partial charge on any atom is 0.187 e. The molecule has 0 atom stereocenters. The van der Waals surface area contributed by atoms with E-state index in [1.165, 1.54) is 11.8 Å². The van der Waals surface area contributed by atoms with E-state index in [-0.39, 0.29) is 12.2 Å². The van der Waals surface area contributed by atoms with Crippen LogP contribution in [0.25, 0.3) is 0 Å². The predicted octanol–water partition coefficient (Wildman–Crippen LogP) is 4.96. The number of Topliss-reactive ketones (excluding diaryl/α,β-unsaturated/α-hetero) is 1. The van der Waals surface area contributed by atoms with E-state index in [4.69, 9.17) is 23.2 Å². The molecule has 2 rings (SSSR count). The Morgan fingerprint density at radius 2 is 1.90 bits per heavy atom. The zero-order valence-corrected chi connectivity index (χ0v) is 14.4. The molecule has 0 radical (unpaired) electrons. The molecule has 0 aliphatic rings. The van der Waals surface area contributed by atoms with Gasteiger partial charge in [-0.2, -0.15) is 0 Å². The molecular weight excluding hydrogens is 327 g/mol. The van der Waals surface area contributed by atoms with Crippen molar-refractivity contribution in [3.8, 4) is 0 Å². The fourth-order valence-corrected chi connectivity index (χ4v) is 2.18. The van der Waals surface area contributed by atoms with Gasteiger partial charge in [-0.25, -0.2) is 9.97 Å².